The molecule has 1 aliphatic heterocycles. The van der Waals surface area contributed by atoms with Crippen LogP contribution >= 0.6 is 0 Å². The molecule has 1 aromatic heterocycles. The van der Waals surface area contributed by atoms with Crippen molar-refractivity contribution in [1.82, 2.24) is 14.8 Å². The van der Waals surface area contributed by atoms with E-state index < -0.39 is 5.82 Å². The molecule has 154 valence electrons. The molecule has 1 saturated carbocycles. The number of aryl methyl sites for hydroxylation is 1. The summed E-state index contributed by atoms with van der Waals surface area (Å²) >= 11 is 0. The molecule has 7 heteroatoms. The number of benzene rings is 2. The standard InChI is InChI=1S/C23H22F2N4O/c24-19-7-4-3-6-15(19)16-13-17(16)23(30)26-14-9-10-20(25)18(12-14)22-28-27-21-8-2-1-5-11-29(21)22/h3-4,6-7,9-10,12,16-17H,1-2,5,8,11,13H2,(H,26,30). The van der Waals surface area contributed by atoms with E-state index in [2.05, 4.69) is 15.5 Å². The third-order valence-corrected chi connectivity index (χ3v) is 6.02. The van der Waals surface area contributed by atoms with Gasteiger partial charge in [-0.25, -0.2) is 8.78 Å². The molecular formula is C23H22F2N4O. The second kappa shape index (κ2) is 7.63. The number of nitrogens with zero attached hydrogens (tertiary/aromatic N) is 3. The van der Waals surface area contributed by atoms with Gasteiger partial charge in [-0.15, -0.1) is 10.2 Å². The molecule has 0 bridgehead atoms. The lowest BCUT2D eigenvalue weighted by Gasteiger charge is -2.11. The molecule has 2 heterocycles. The highest BCUT2D eigenvalue weighted by molar-refractivity contribution is 5.95. The largest absolute Gasteiger partial charge is 0.326 e. The van der Waals surface area contributed by atoms with Crippen molar-refractivity contribution in [1.29, 1.82) is 0 Å². The number of halogens is 2. The maximum absolute atomic E-state index is 14.6. The van der Waals surface area contributed by atoms with Crippen LogP contribution in [0.3, 0.4) is 0 Å². The molecule has 5 rings (SSSR count). The highest BCUT2D eigenvalue weighted by Gasteiger charge is 2.45. The maximum atomic E-state index is 14.6. The zero-order chi connectivity index (χ0) is 20.7. The van der Waals surface area contributed by atoms with E-state index in [-0.39, 0.29) is 23.6 Å². The van der Waals surface area contributed by atoms with E-state index in [4.69, 9.17) is 0 Å². The van der Waals surface area contributed by atoms with E-state index in [1.54, 1.807) is 24.3 Å². The normalized spacial score (nSPS) is 20.3. The SMILES string of the molecule is O=C(Nc1ccc(F)c(-c2nnc3n2CCCCC3)c1)C1CC1c1ccccc1F. The van der Waals surface area contributed by atoms with Gasteiger partial charge in [0.05, 0.1) is 5.56 Å². The average molecular weight is 408 g/mol. The summed E-state index contributed by atoms with van der Waals surface area (Å²) in [6, 6.07) is 11.0. The smallest absolute Gasteiger partial charge is 0.228 e. The van der Waals surface area contributed by atoms with Crippen molar-refractivity contribution < 1.29 is 13.6 Å². The first-order valence-corrected chi connectivity index (χ1v) is 10.4. The lowest BCUT2D eigenvalue weighted by atomic mass is 10.1. The predicted octanol–water partition coefficient (Wildman–Crippen LogP) is 4.69. The summed E-state index contributed by atoms with van der Waals surface area (Å²) in [5, 5.41) is 11.3. The Hall–Kier alpha value is -3.09. The lowest BCUT2D eigenvalue weighted by Crippen LogP contribution is -2.15. The molecule has 5 nitrogen and oxygen atoms in total. The van der Waals surface area contributed by atoms with E-state index in [0.29, 0.717) is 29.1 Å². The Morgan fingerprint density at radius 3 is 2.77 bits per heavy atom. The van der Waals surface area contributed by atoms with Crippen molar-refractivity contribution in [3.8, 4) is 11.4 Å². The number of anilines is 1. The van der Waals surface area contributed by atoms with Crippen LogP contribution in [-0.4, -0.2) is 20.7 Å². The predicted molar refractivity (Wildman–Crippen MR) is 109 cm³/mol. The van der Waals surface area contributed by atoms with Gasteiger partial charge in [0.15, 0.2) is 5.82 Å². The number of aromatic nitrogens is 3. The molecule has 2 aliphatic rings. The first kappa shape index (κ1) is 18.9. The Balaban J connectivity index is 1.36. The minimum Gasteiger partial charge on any atom is -0.326 e. The Morgan fingerprint density at radius 2 is 1.90 bits per heavy atom. The number of hydrogen-bond donors (Lipinski definition) is 1. The second-order valence-electron chi connectivity index (χ2n) is 8.06. The van der Waals surface area contributed by atoms with Gasteiger partial charge in [0.2, 0.25) is 5.91 Å². The van der Waals surface area contributed by atoms with Crippen LogP contribution < -0.4 is 5.32 Å². The number of rotatable bonds is 4. The highest BCUT2D eigenvalue weighted by atomic mass is 19.1. The van der Waals surface area contributed by atoms with Gasteiger partial charge in [-0.1, -0.05) is 24.6 Å². The van der Waals surface area contributed by atoms with Gasteiger partial charge in [0.25, 0.3) is 0 Å². The maximum Gasteiger partial charge on any atom is 0.228 e. The van der Waals surface area contributed by atoms with Gasteiger partial charge in [0, 0.05) is 24.6 Å². The molecule has 1 N–H and O–H groups in total. The van der Waals surface area contributed by atoms with Crippen LogP contribution in [0.5, 0.6) is 0 Å². The van der Waals surface area contributed by atoms with Crippen molar-refractivity contribution in [2.75, 3.05) is 5.32 Å². The van der Waals surface area contributed by atoms with Crippen LogP contribution in [0.4, 0.5) is 14.5 Å². The zero-order valence-electron chi connectivity index (χ0n) is 16.4. The zero-order valence-corrected chi connectivity index (χ0v) is 16.4. The van der Waals surface area contributed by atoms with Crippen LogP contribution in [0.1, 0.15) is 43.0 Å². The minimum atomic E-state index is -0.400. The summed E-state index contributed by atoms with van der Waals surface area (Å²) in [5.41, 5.74) is 1.40. The second-order valence-corrected chi connectivity index (χ2v) is 8.06. The topological polar surface area (TPSA) is 59.8 Å². The van der Waals surface area contributed by atoms with Crippen molar-refractivity contribution in [3.63, 3.8) is 0 Å². The molecular weight excluding hydrogens is 386 g/mol. The van der Waals surface area contributed by atoms with E-state index >= 15 is 0 Å². The molecule has 1 fully saturated rings. The summed E-state index contributed by atoms with van der Waals surface area (Å²) in [4.78, 5) is 12.7. The van der Waals surface area contributed by atoms with Gasteiger partial charge in [-0.3, -0.25) is 4.79 Å². The molecule has 1 amide bonds. The number of fused-ring (bicyclic) bond motifs is 1. The molecule has 0 saturated heterocycles. The fourth-order valence-corrected chi connectivity index (χ4v) is 4.30. The van der Waals surface area contributed by atoms with Crippen LogP contribution in [0.15, 0.2) is 42.5 Å². The van der Waals surface area contributed by atoms with E-state index in [0.717, 1.165) is 38.1 Å². The van der Waals surface area contributed by atoms with Gasteiger partial charge in [-0.2, -0.15) is 0 Å². The Bertz CT molecular complexity index is 1110. The highest BCUT2D eigenvalue weighted by Crippen LogP contribution is 2.48. The average Bonchev–Trinajstić information content (AvgIpc) is 3.49. The molecule has 0 radical (unpaired) electrons. The molecule has 2 unspecified atom stereocenters. The van der Waals surface area contributed by atoms with Crippen LogP contribution in [0, 0.1) is 17.6 Å². The molecule has 3 aromatic rings. The van der Waals surface area contributed by atoms with Gasteiger partial charge in [0.1, 0.15) is 17.5 Å². The Labute approximate surface area is 173 Å². The third kappa shape index (κ3) is 3.49. The number of nitrogens with one attached hydrogen (secondary N) is 1. The van der Waals surface area contributed by atoms with Gasteiger partial charge < -0.3 is 9.88 Å². The molecule has 2 atom stereocenters. The lowest BCUT2D eigenvalue weighted by molar-refractivity contribution is -0.117. The molecule has 30 heavy (non-hydrogen) atoms. The van der Waals surface area contributed by atoms with E-state index in [1.165, 1.54) is 18.2 Å². The molecule has 1 aliphatic carbocycles. The number of carbonyl (C=O) groups excluding carboxylic acids is 1. The van der Waals surface area contributed by atoms with Crippen molar-refractivity contribution in [3.05, 3.63) is 65.5 Å². The summed E-state index contributed by atoms with van der Waals surface area (Å²) in [7, 11) is 0. The quantitative estimate of drug-likeness (QED) is 0.681. The van der Waals surface area contributed by atoms with Crippen molar-refractivity contribution in [2.45, 2.75) is 44.6 Å². The minimum absolute atomic E-state index is 0.113. The molecule has 0 spiro atoms. The first-order chi connectivity index (χ1) is 14.6. The summed E-state index contributed by atoms with van der Waals surface area (Å²) < 4.78 is 30.6. The van der Waals surface area contributed by atoms with Crippen LogP contribution in [0.25, 0.3) is 11.4 Å². The van der Waals surface area contributed by atoms with Gasteiger partial charge >= 0.3 is 0 Å². The fourth-order valence-electron chi connectivity index (χ4n) is 4.30. The third-order valence-electron chi connectivity index (χ3n) is 6.02. The van der Waals surface area contributed by atoms with E-state index in [9.17, 15) is 13.6 Å². The fraction of sp³-hybridized carbons (Fsp3) is 0.348. The van der Waals surface area contributed by atoms with Crippen molar-refractivity contribution in [2.24, 2.45) is 5.92 Å². The van der Waals surface area contributed by atoms with Gasteiger partial charge in [-0.05, 0) is 55.0 Å². The molecule has 2 aromatic carbocycles. The Morgan fingerprint density at radius 1 is 1.03 bits per heavy atom. The number of carbonyl (C=O) groups is 1. The monoisotopic (exact) mass is 408 g/mol. The summed E-state index contributed by atoms with van der Waals surface area (Å²) in [5.74, 6) is 0.120. The number of hydrogen-bond acceptors (Lipinski definition) is 3. The Kier molecular flexibility index (Phi) is 4.81. The van der Waals surface area contributed by atoms with E-state index in [1.807, 2.05) is 4.57 Å². The summed E-state index contributed by atoms with van der Waals surface area (Å²) in [6.07, 6.45) is 4.63. The summed E-state index contributed by atoms with van der Waals surface area (Å²) in [6.45, 7) is 0.764. The first-order valence-electron chi connectivity index (χ1n) is 10.4. The van der Waals surface area contributed by atoms with Crippen molar-refractivity contribution >= 4 is 11.6 Å². The number of amides is 1. The van der Waals surface area contributed by atoms with Crippen LogP contribution in [0.2, 0.25) is 0 Å². The van der Waals surface area contributed by atoms with Crippen LogP contribution in [-0.2, 0) is 17.8 Å².